The van der Waals surface area contributed by atoms with Gasteiger partial charge in [0.1, 0.15) is 0 Å². The van der Waals surface area contributed by atoms with Crippen molar-refractivity contribution in [2.24, 2.45) is 11.8 Å². The van der Waals surface area contributed by atoms with Crippen molar-refractivity contribution < 1.29 is 4.74 Å². The monoisotopic (exact) mass is 254 g/mol. The van der Waals surface area contributed by atoms with E-state index >= 15 is 0 Å². The van der Waals surface area contributed by atoms with Crippen molar-refractivity contribution in [2.45, 2.75) is 52.2 Å². The summed E-state index contributed by atoms with van der Waals surface area (Å²) < 4.78 is 5.87. The largest absolute Gasteiger partial charge is 0.374 e. The molecule has 0 aromatic carbocycles. The maximum Gasteiger partial charge on any atom is 0.0826 e. The lowest BCUT2D eigenvalue weighted by Crippen LogP contribution is -2.51. The minimum atomic E-state index is 0.389. The Hall–Kier alpha value is -0.120. The number of rotatable bonds is 4. The Morgan fingerprint density at radius 2 is 1.94 bits per heavy atom. The second kappa shape index (κ2) is 6.88. The number of hydrogen-bond acceptors (Lipinski definition) is 3. The Kier molecular flexibility index (Phi) is 5.46. The molecule has 3 unspecified atom stereocenters. The van der Waals surface area contributed by atoms with E-state index < -0.39 is 0 Å². The minimum Gasteiger partial charge on any atom is -0.374 e. The summed E-state index contributed by atoms with van der Waals surface area (Å²) in [5, 5.41) is 3.78. The van der Waals surface area contributed by atoms with Gasteiger partial charge in [0.2, 0.25) is 0 Å². The van der Waals surface area contributed by atoms with Gasteiger partial charge in [-0.3, -0.25) is 4.90 Å². The van der Waals surface area contributed by atoms with Crippen LogP contribution in [0.15, 0.2) is 0 Å². The lowest BCUT2D eigenvalue weighted by molar-refractivity contribution is -0.0285. The number of ether oxygens (including phenoxy) is 1. The molecule has 0 aromatic heterocycles. The van der Waals surface area contributed by atoms with Gasteiger partial charge in [-0.15, -0.1) is 0 Å². The Morgan fingerprint density at radius 1 is 1.22 bits per heavy atom. The molecule has 3 heteroatoms. The van der Waals surface area contributed by atoms with Crippen molar-refractivity contribution in [1.82, 2.24) is 10.2 Å². The number of hydrogen-bond donors (Lipinski definition) is 1. The first kappa shape index (κ1) is 14.3. The molecular weight excluding hydrogens is 224 g/mol. The molecule has 1 N–H and O–H groups in total. The highest BCUT2D eigenvalue weighted by Gasteiger charge is 2.28. The van der Waals surface area contributed by atoms with E-state index in [1.165, 1.54) is 19.3 Å². The van der Waals surface area contributed by atoms with Gasteiger partial charge in [-0.05, 0) is 31.2 Å². The van der Waals surface area contributed by atoms with Crippen LogP contribution >= 0.6 is 0 Å². The predicted molar refractivity (Wildman–Crippen MR) is 75.8 cm³/mol. The van der Waals surface area contributed by atoms with Crippen LogP contribution in [0.2, 0.25) is 0 Å². The summed E-state index contributed by atoms with van der Waals surface area (Å²) in [4.78, 5) is 2.49. The van der Waals surface area contributed by atoms with Crippen LogP contribution < -0.4 is 5.32 Å². The van der Waals surface area contributed by atoms with Crippen LogP contribution in [0.4, 0.5) is 0 Å². The molecule has 1 aliphatic carbocycles. The Balaban J connectivity index is 1.76. The molecule has 0 aromatic rings. The second-order valence-electron chi connectivity index (χ2n) is 6.21. The summed E-state index contributed by atoms with van der Waals surface area (Å²) >= 11 is 0. The fourth-order valence-corrected chi connectivity index (χ4v) is 3.54. The maximum atomic E-state index is 5.87. The summed E-state index contributed by atoms with van der Waals surface area (Å²) in [5.41, 5.74) is 0. The van der Waals surface area contributed by atoms with Crippen molar-refractivity contribution in [3.8, 4) is 0 Å². The van der Waals surface area contributed by atoms with Crippen LogP contribution in [0.5, 0.6) is 0 Å². The van der Waals surface area contributed by atoms with Gasteiger partial charge in [0, 0.05) is 25.7 Å². The highest BCUT2D eigenvalue weighted by atomic mass is 16.5. The quantitative estimate of drug-likeness (QED) is 0.832. The first-order chi connectivity index (χ1) is 8.70. The van der Waals surface area contributed by atoms with E-state index in [9.17, 15) is 0 Å². The molecule has 2 aliphatic rings. The summed E-state index contributed by atoms with van der Waals surface area (Å²) in [6.07, 6.45) is 4.56. The molecule has 1 aliphatic heterocycles. The topological polar surface area (TPSA) is 24.5 Å². The van der Waals surface area contributed by atoms with E-state index in [1.807, 2.05) is 0 Å². The lowest BCUT2D eigenvalue weighted by Gasteiger charge is -2.38. The SMILES string of the molecule is CCN1CCOC(CNC2C(C)CCCC2C)C1. The zero-order valence-corrected chi connectivity index (χ0v) is 12.3. The molecule has 3 nitrogen and oxygen atoms in total. The molecular formula is C15H30N2O. The van der Waals surface area contributed by atoms with E-state index in [0.29, 0.717) is 12.1 Å². The Bertz CT molecular complexity index is 237. The summed E-state index contributed by atoms with van der Waals surface area (Å²) in [6.45, 7) is 12.3. The van der Waals surface area contributed by atoms with Crippen molar-refractivity contribution in [3.05, 3.63) is 0 Å². The normalized spacial score (nSPS) is 38.8. The van der Waals surface area contributed by atoms with Gasteiger partial charge in [-0.1, -0.05) is 27.2 Å². The molecule has 18 heavy (non-hydrogen) atoms. The van der Waals surface area contributed by atoms with Gasteiger partial charge in [0.15, 0.2) is 0 Å². The number of nitrogens with one attached hydrogen (secondary N) is 1. The van der Waals surface area contributed by atoms with Gasteiger partial charge in [0.05, 0.1) is 12.7 Å². The van der Waals surface area contributed by atoms with Gasteiger partial charge in [0.25, 0.3) is 0 Å². The van der Waals surface area contributed by atoms with Crippen LogP contribution in [0.1, 0.15) is 40.0 Å². The predicted octanol–water partition coefficient (Wildman–Crippen LogP) is 2.12. The molecule has 0 spiro atoms. The van der Waals surface area contributed by atoms with Crippen LogP contribution in [0.25, 0.3) is 0 Å². The van der Waals surface area contributed by atoms with E-state index in [0.717, 1.165) is 44.6 Å². The number of nitrogens with zero attached hydrogens (tertiary/aromatic N) is 1. The molecule has 106 valence electrons. The van der Waals surface area contributed by atoms with E-state index in [2.05, 4.69) is 31.0 Å². The van der Waals surface area contributed by atoms with Gasteiger partial charge >= 0.3 is 0 Å². The summed E-state index contributed by atoms with van der Waals surface area (Å²) in [6, 6.07) is 0.694. The molecule has 1 saturated carbocycles. The number of morpholine rings is 1. The highest BCUT2D eigenvalue weighted by Crippen LogP contribution is 2.28. The van der Waals surface area contributed by atoms with Crippen LogP contribution in [0.3, 0.4) is 0 Å². The third kappa shape index (κ3) is 3.69. The third-order valence-electron chi connectivity index (χ3n) is 4.80. The molecule has 3 atom stereocenters. The van der Waals surface area contributed by atoms with Gasteiger partial charge in [-0.25, -0.2) is 0 Å². The number of likely N-dealkylation sites (N-methyl/N-ethyl adjacent to an activating group) is 1. The standard InChI is InChI=1S/C15H30N2O/c1-4-17-8-9-18-14(11-17)10-16-15-12(2)6-5-7-13(15)3/h12-16H,4-11H2,1-3H3. The molecule has 2 fully saturated rings. The van der Waals surface area contributed by atoms with Crippen molar-refractivity contribution >= 4 is 0 Å². The zero-order chi connectivity index (χ0) is 13.0. The van der Waals surface area contributed by atoms with E-state index in [1.54, 1.807) is 0 Å². The molecule has 0 amide bonds. The first-order valence-electron chi connectivity index (χ1n) is 7.78. The summed E-state index contributed by atoms with van der Waals surface area (Å²) in [5.74, 6) is 1.64. The zero-order valence-electron chi connectivity index (χ0n) is 12.3. The fraction of sp³-hybridized carbons (Fsp3) is 1.00. The smallest absolute Gasteiger partial charge is 0.0826 e. The molecule has 1 saturated heterocycles. The molecule has 1 heterocycles. The van der Waals surface area contributed by atoms with Crippen molar-refractivity contribution in [3.63, 3.8) is 0 Å². The average molecular weight is 254 g/mol. The molecule has 2 rings (SSSR count). The van der Waals surface area contributed by atoms with Crippen molar-refractivity contribution in [2.75, 3.05) is 32.8 Å². The summed E-state index contributed by atoms with van der Waals surface area (Å²) in [7, 11) is 0. The van der Waals surface area contributed by atoms with Crippen LogP contribution in [-0.4, -0.2) is 49.8 Å². The maximum absolute atomic E-state index is 5.87. The Morgan fingerprint density at radius 3 is 2.61 bits per heavy atom. The first-order valence-corrected chi connectivity index (χ1v) is 7.78. The average Bonchev–Trinajstić information content (AvgIpc) is 2.38. The van der Waals surface area contributed by atoms with Crippen LogP contribution in [0, 0.1) is 11.8 Å². The van der Waals surface area contributed by atoms with E-state index in [4.69, 9.17) is 4.74 Å². The minimum absolute atomic E-state index is 0.389. The second-order valence-corrected chi connectivity index (χ2v) is 6.21. The van der Waals surface area contributed by atoms with Gasteiger partial charge in [-0.2, -0.15) is 0 Å². The van der Waals surface area contributed by atoms with E-state index in [-0.39, 0.29) is 0 Å². The highest BCUT2D eigenvalue weighted by molar-refractivity contribution is 4.85. The van der Waals surface area contributed by atoms with Crippen LogP contribution in [-0.2, 0) is 4.74 Å². The van der Waals surface area contributed by atoms with Crippen molar-refractivity contribution in [1.29, 1.82) is 0 Å². The molecule has 0 radical (unpaired) electrons. The lowest BCUT2D eigenvalue weighted by atomic mass is 9.78. The molecule has 0 bridgehead atoms. The third-order valence-corrected chi connectivity index (χ3v) is 4.80. The Labute approximate surface area is 112 Å². The fourth-order valence-electron chi connectivity index (χ4n) is 3.54. The van der Waals surface area contributed by atoms with Gasteiger partial charge < -0.3 is 10.1 Å².